The first-order valence-electron chi connectivity index (χ1n) is 7.29. The van der Waals surface area contributed by atoms with Crippen LogP contribution in [0.5, 0.6) is 11.8 Å². The van der Waals surface area contributed by atoms with E-state index in [0.717, 1.165) is 0 Å². The van der Waals surface area contributed by atoms with Gasteiger partial charge in [0, 0.05) is 24.1 Å². The molecular weight excluding hydrogens is 309 g/mol. The molecule has 24 heavy (non-hydrogen) atoms. The third kappa shape index (κ3) is 4.13. The van der Waals surface area contributed by atoms with Gasteiger partial charge >= 0.3 is 6.01 Å². The molecule has 1 heterocycles. The molecule has 3 rings (SSSR count). The predicted octanol–water partition coefficient (Wildman–Crippen LogP) is 3.59. The molecule has 0 saturated heterocycles. The lowest BCUT2D eigenvalue weighted by atomic mass is 10.1. The van der Waals surface area contributed by atoms with Gasteiger partial charge in [-0.1, -0.05) is 24.3 Å². The molecule has 0 aliphatic rings. The zero-order valence-corrected chi connectivity index (χ0v) is 12.6. The van der Waals surface area contributed by atoms with Crippen molar-refractivity contribution in [3.63, 3.8) is 0 Å². The first-order valence-corrected chi connectivity index (χ1v) is 7.29. The fourth-order valence-electron chi connectivity index (χ4n) is 2.10. The number of nitrogens with zero attached hydrogens (tertiary/aromatic N) is 2. The van der Waals surface area contributed by atoms with Crippen LogP contribution in [-0.4, -0.2) is 15.9 Å². The smallest absolute Gasteiger partial charge is 0.321 e. The van der Waals surface area contributed by atoms with E-state index in [1.165, 1.54) is 6.07 Å². The number of halogens is 1. The number of benzene rings is 2. The van der Waals surface area contributed by atoms with Crippen LogP contribution in [-0.2, 0) is 11.2 Å². The summed E-state index contributed by atoms with van der Waals surface area (Å²) in [4.78, 5) is 20.0. The van der Waals surface area contributed by atoms with Crippen molar-refractivity contribution in [3.05, 3.63) is 78.4 Å². The Morgan fingerprint density at radius 3 is 2.62 bits per heavy atom. The largest absolute Gasteiger partial charge is 0.424 e. The molecule has 0 saturated carbocycles. The summed E-state index contributed by atoms with van der Waals surface area (Å²) in [5.41, 5.74) is 0.893. The Labute approximate surface area is 138 Å². The zero-order valence-electron chi connectivity index (χ0n) is 12.6. The Morgan fingerprint density at radius 1 is 1.04 bits per heavy atom. The average Bonchev–Trinajstić information content (AvgIpc) is 2.58. The van der Waals surface area contributed by atoms with Crippen molar-refractivity contribution in [1.29, 1.82) is 0 Å². The van der Waals surface area contributed by atoms with Gasteiger partial charge in [0.05, 0.1) is 6.42 Å². The van der Waals surface area contributed by atoms with Crippen molar-refractivity contribution in [2.45, 2.75) is 6.42 Å². The number of anilines is 1. The van der Waals surface area contributed by atoms with Gasteiger partial charge in [-0.3, -0.25) is 4.79 Å². The minimum Gasteiger partial charge on any atom is -0.424 e. The van der Waals surface area contributed by atoms with Crippen LogP contribution in [0.1, 0.15) is 5.56 Å². The van der Waals surface area contributed by atoms with Crippen LogP contribution in [0.2, 0.25) is 0 Å². The predicted molar refractivity (Wildman–Crippen MR) is 87.3 cm³/mol. The molecule has 0 fully saturated rings. The molecule has 0 aliphatic heterocycles. The molecule has 120 valence electrons. The third-order valence-electron chi connectivity index (χ3n) is 3.18. The highest BCUT2D eigenvalue weighted by Crippen LogP contribution is 2.21. The number of nitrogens with one attached hydrogen (secondary N) is 1. The molecule has 3 aromatic rings. The van der Waals surface area contributed by atoms with Crippen molar-refractivity contribution in [1.82, 2.24) is 9.97 Å². The van der Waals surface area contributed by atoms with Crippen LogP contribution in [0.15, 0.2) is 67.0 Å². The van der Waals surface area contributed by atoms with E-state index in [2.05, 4.69) is 15.3 Å². The third-order valence-corrected chi connectivity index (χ3v) is 3.18. The van der Waals surface area contributed by atoms with Crippen LogP contribution in [0.25, 0.3) is 0 Å². The first-order chi connectivity index (χ1) is 11.7. The van der Waals surface area contributed by atoms with Gasteiger partial charge in [-0.2, -0.15) is 0 Å². The molecule has 0 spiro atoms. The molecule has 1 N–H and O–H groups in total. The van der Waals surface area contributed by atoms with E-state index in [1.807, 2.05) is 0 Å². The molecular formula is C18H14FN3O2. The van der Waals surface area contributed by atoms with Gasteiger partial charge in [0.1, 0.15) is 11.6 Å². The molecule has 0 bridgehead atoms. The molecule has 0 radical (unpaired) electrons. The van der Waals surface area contributed by atoms with Gasteiger partial charge in [0.25, 0.3) is 0 Å². The molecule has 2 aromatic carbocycles. The Balaban J connectivity index is 1.66. The summed E-state index contributed by atoms with van der Waals surface area (Å²) in [5.74, 6) is -0.218. The number of carbonyl (C=O) groups excluding carboxylic acids is 1. The van der Waals surface area contributed by atoms with E-state index in [9.17, 15) is 9.18 Å². The SMILES string of the molecule is O=C(Cc1ccccc1F)Nc1cccc(Oc2ncccn2)c1. The maximum absolute atomic E-state index is 13.6. The molecule has 1 amide bonds. The molecule has 0 aliphatic carbocycles. The number of rotatable bonds is 5. The lowest BCUT2D eigenvalue weighted by Crippen LogP contribution is -2.15. The molecule has 0 unspecified atom stereocenters. The minimum atomic E-state index is -0.397. The van der Waals surface area contributed by atoms with E-state index < -0.39 is 5.82 Å². The van der Waals surface area contributed by atoms with Crippen LogP contribution >= 0.6 is 0 Å². The lowest BCUT2D eigenvalue weighted by Gasteiger charge is -2.08. The quantitative estimate of drug-likeness (QED) is 0.779. The minimum absolute atomic E-state index is 0.0421. The highest BCUT2D eigenvalue weighted by atomic mass is 19.1. The highest BCUT2D eigenvalue weighted by molar-refractivity contribution is 5.92. The van der Waals surface area contributed by atoms with Crippen LogP contribution < -0.4 is 10.1 Å². The van der Waals surface area contributed by atoms with Crippen molar-refractivity contribution < 1.29 is 13.9 Å². The van der Waals surface area contributed by atoms with Gasteiger partial charge in [0.15, 0.2) is 0 Å². The maximum atomic E-state index is 13.6. The number of carbonyl (C=O) groups is 1. The molecule has 1 aromatic heterocycles. The number of amides is 1. The Morgan fingerprint density at radius 2 is 1.83 bits per heavy atom. The van der Waals surface area contributed by atoms with Crippen molar-refractivity contribution in [2.75, 3.05) is 5.32 Å². The lowest BCUT2D eigenvalue weighted by molar-refractivity contribution is -0.115. The van der Waals surface area contributed by atoms with Crippen molar-refractivity contribution in [2.24, 2.45) is 0 Å². The molecule has 5 nitrogen and oxygen atoms in total. The summed E-state index contributed by atoms with van der Waals surface area (Å²) in [6.45, 7) is 0. The standard InChI is InChI=1S/C18H14FN3O2/c19-16-8-2-1-5-13(16)11-17(23)22-14-6-3-7-15(12-14)24-18-20-9-4-10-21-18/h1-10,12H,11H2,(H,22,23). The maximum Gasteiger partial charge on any atom is 0.321 e. The van der Waals surface area contributed by atoms with Gasteiger partial charge < -0.3 is 10.1 Å². The summed E-state index contributed by atoms with van der Waals surface area (Å²) < 4.78 is 19.1. The van der Waals surface area contributed by atoms with Gasteiger partial charge in [-0.25, -0.2) is 14.4 Å². The zero-order chi connectivity index (χ0) is 16.8. The Bertz CT molecular complexity index is 840. The summed E-state index contributed by atoms with van der Waals surface area (Å²) in [5, 5.41) is 2.72. The van der Waals surface area contributed by atoms with Gasteiger partial charge in [0.2, 0.25) is 5.91 Å². The van der Waals surface area contributed by atoms with Crippen molar-refractivity contribution >= 4 is 11.6 Å². The summed E-state index contributed by atoms with van der Waals surface area (Å²) in [6, 6.07) is 14.9. The second kappa shape index (κ2) is 7.32. The first kappa shape index (κ1) is 15.6. The second-order valence-electron chi connectivity index (χ2n) is 4.98. The monoisotopic (exact) mass is 323 g/mol. The van der Waals surface area contributed by atoms with E-state index >= 15 is 0 Å². The summed E-state index contributed by atoms with van der Waals surface area (Å²) >= 11 is 0. The fourth-order valence-corrected chi connectivity index (χ4v) is 2.10. The Kier molecular flexibility index (Phi) is 4.76. The summed E-state index contributed by atoms with van der Waals surface area (Å²) in [7, 11) is 0. The van der Waals surface area contributed by atoms with E-state index in [1.54, 1.807) is 60.9 Å². The van der Waals surface area contributed by atoms with Crippen LogP contribution in [0, 0.1) is 5.82 Å². The van der Waals surface area contributed by atoms with Crippen molar-refractivity contribution in [3.8, 4) is 11.8 Å². The van der Waals surface area contributed by atoms with E-state index in [0.29, 0.717) is 17.0 Å². The molecule has 6 heteroatoms. The van der Waals surface area contributed by atoms with Gasteiger partial charge in [-0.05, 0) is 29.8 Å². The molecule has 0 atom stereocenters. The number of hydrogen-bond acceptors (Lipinski definition) is 4. The van der Waals surface area contributed by atoms with Crippen LogP contribution in [0.3, 0.4) is 0 Å². The van der Waals surface area contributed by atoms with E-state index in [4.69, 9.17) is 4.74 Å². The Hall–Kier alpha value is -3.28. The topological polar surface area (TPSA) is 64.1 Å². The van der Waals surface area contributed by atoms with Crippen LogP contribution in [0.4, 0.5) is 10.1 Å². The number of aromatic nitrogens is 2. The van der Waals surface area contributed by atoms with Gasteiger partial charge in [-0.15, -0.1) is 0 Å². The normalized spacial score (nSPS) is 10.2. The fraction of sp³-hybridized carbons (Fsp3) is 0.0556. The average molecular weight is 323 g/mol. The number of hydrogen-bond donors (Lipinski definition) is 1. The highest BCUT2D eigenvalue weighted by Gasteiger charge is 2.09. The van der Waals surface area contributed by atoms with E-state index in [-0.39, 0.29) is 18.3 Å². The second-order valence-corrected chi connectivity index (χ2v) is 4.98. The number of ether oxygens (including phenoxy) is 1. The summed E-state index contributed by atoms with van der Waals surface area (Å²) in [6.07, 6.45) is 3.10.